The third kappa shape index (κ3) is 4.12. The van der Waals surface area contributed by atoms with Crippen molar-refractivity contribution < 1.29 is 22.7 Å². The maximum atomic E-state index is 12.5. The van der Waals surface area contributed by atoms with Crippen molar-refractivity contribution in [2.75, 3.05) is 7.05 Å². The first-order chi connectivity index (χ1) is 11.8. The van der Waals surface area contributed by atoms with Crippen molar-refractivity contribution in [3.8, 4) is 5.75 Å². The summed E-state index contributed by atoms with van der Waals surface area (Å²) >= 11 is 0. The van der Waals surface area contributed by atoms with Crippen molar-refractivity contribution in [3.63, 3.8) is 0 Å². The number of halogens is 3. The Hall–Kier alpha value is -2.96. The van der Waals surface area contributed by atoms with Gasteiger partial charge in [-0.3, -0.25) is 4.79 Å². The minimum atomic E-state index is -4.72. The van der Waals surface area contributed by atoms with Crippen LogP contribution in [0.3, 0.4) is 0 Å². The topological polar surface area (TPSA) is 45.3 Å². The molecule has 0 aliphatic heterocycles. The number of aromatic nitrogens is 1. The molecule has 0 aliphatic carbocycles. The van der Waals surface area contributed by atoms with Gasteiger partial charge in [-0.15, -0.1) is 13.2 Å². The highest BCUT2D eigenvalue weighted by molar-refractivity contribution is 5.97. The third-order valence-corrected chi connectivity index (χ3v) is 3.68. The van der Waals surface area contributed by atoms with E-state index >= 15 is 0 Å². The van der Waals surface area contributed by atoms with Gasteiger partial charge in [0.1, 0.15) is 11.4 Å². The summed E-state index contributed by atoms with van der Waals surface area (Å²) < 4.78 is 40.3. The van der Waals surface area contributed by atoms with Crippen molar-refractivity contribution in [2.45, 2.75) is 12.9 Å². The molecule has 7 heteroatoms. The molecule has 0 radical (unpaired) electrons. The average Bonchev–Trinajstić information content (AvgIpc) is 2.98. The molecule has 0 saturated carbocycles. The highest BCUT2D eigenvalue weighted by Gasteiger charge is 2.31. The van der Waals surface area contributed by atoms with Gasteiger partial charge >= 0.3 is 6.36 Å². The van der Waals surface area contributed by atoms with E-state index in [1.165, 1.54) is 29.2 Å². The quantitative estimate of drug-likeness (QED) is 0.762. The van der Waals surface area contributed by atoms with Gasteiger partial charge in [-0.05, 0) is 29.8 Å². The summed E-state index contributed by atoms with van der Waals surface area (Å²) in [5.74, 6) is -0.493. The number of alkyl halides is 3. The van der Waals surface area contributed by atoms with Gasteiger partial charge in [0.25, 0.3) is 5.91 Å². The molecule has 1 heterocycles. The first kappa shape index (κ1) is 16.9. The molecule has 0 bridgehead atoms. The molecule has 1 aromatic heterocycles. The van der Waals surface area contributed by atoms with Gasteiger partial charge in [0.2, 0.25) is 0 Å². The fourth-order valence-corrected chi connectivity index (χ4v) is 2.54. The van der Waals surface area contributed by atoms with E-state index in [9.17, 15) is 18.0 Å². The van der Waals surface area contributed by atoms with Crippen molar-refractivity contribution in [3.05, 3.63) is 65.9 Å². The number of rotatable bonds is 4. The standard InChI is InChI=1S/C18H15F3N2O2/c1-23(11-12-6-8-14(9-7-12)25-18(19,20)21)17(24)16-10-13-4-2-3-5-15(13)22-16/h2-10,22H,11H2,1H3. The SMILES string of the molecule is CN(Cc1ccc(OC(F)(F)F)cc1)C(=O)c1cc2ccccc2[nH]1. The second-order valence-corrected chi connectivity index (χ2v) is 5.62. The van der Waals surface area contributed by atoms with Crippen LogP contribution in [0.4, 0.5) is 13.2 Å². The fourth-order valence-electron chi connectivity index (χ4n) is 2.54. The number of H-pyrrole nitrogens is 1. The van der Waals surface area contributed by atoms with Gasteiger partial charge in [0, 0.05) is 24.5 Å². The normalized spacial score (nSPS) is 11.5. The van der Waals surface area contributed by atoms with Crippen molar-refractivity contribution in [1.82, 2.24) is 9.88 Å². The number of fused-ring (bicyclic) bond motifs is 1. The molecule has 0 aliphatic rings. The minimum Gasteiger partial charge on any atom is -0.406 e. The zero-order valence-electron chi connectivity index (χ0n) is 13.3. The monoisotopic (exact) mass is 348 g/mol. The summed E-state index contributed by atoms with van der Waals surface area (Å²) in [6.07, 6.45) is -4.72. The second-order valence-electron chi connectivity index (χ2n) is 5.62. The number of carbonyl (C=O) groups is 1. The van der Waals surface area contributed by atoms with Crippen molar-refractivity contribution in [2.24, 2.45) is 0 Å². The molecule has 0 unspecified atom stereocenters. The number of nitrogens with zero attached hydrogens (tertiary/aromatic N) is 1. The highest BCUT2D eigenvalue weighted by Crippen LogP contribution is 2.23. The van der Waals surface area contributed by atoms with Crippen LogP contribution in [0.5, 0.6) is 5.75 Å². The summed E-state index contributed by atoms with van der Waals surface area (Å²) in [6.45, 7) is 0.264. The van der Waals surface area contributed by atoms with Gasteiger partial charge in [-0.25, -0.2) is 0 Å². The maximum Gasteiger partial charge on any atom is 0.573 e. The number of aromatic amines is 1. The van der Waals surface area contributed by atoms with E-state index in [2.05, 4.69) is 9.72 Å². The third-order valence-electron chi connectivity index (χ3n) is 3.68. The lowest BCUT2D eigenvalue weighted by molar-refractivity contribution is -0.274. The van der Waals surface area contributed by atoms with Gasteiger partial charge in [-0.2, -0.15) is 0 Å². The van der Waals surface area contributed by atoms with Crippen LogP contribution in [-0.2, 0) is 6.54 Å². The average molecular weight is 348 g/mol. The van der Waals surface area contributed by atoms with E-state index in [0.29, 0.717) is 11.3 Å². The summed E-state index contributed by atoms with van der Waals surface area (Å²) in [6, 6.07) is 14.8. The fraction of sp³-hybridized carbons (Fsp3) is 0.167. The van der Waals surface area contributed by atoms with Crippen molar-refractivity contribution in [1.29, 1.82) is 0 Å². The Morgan fingerprint density at radius 1 is 1.12 bits per heavy atom. The van der Waals surface area contributed by atoms with Gasteiger partial charge in [-0.1, -0.05) is 30.3 Å². The number of hydrogen-bond acceptors (Lipinski definition) is 2. The zero-order chi connectivity index (χ0) is 18.0. The Kier molecular flexibility index (Phi) is 4.39. The second kappa shape index (κ2) is 6.51. The first-order valence-corrected chi connectivity index (χ1v) is 7.50. The van der Waals surface area contributed by atoms with Crippen LogP contribution in [0, 0.1) is 0 Å². The number of benzene rings is 2. The first-order valence-electron chi connectivity index (χ1n) is 7.50. The maximum absolute atomic E-state index is 12.5. The Bertz CT molecular complexity index is 852. The van der Waals surface area contributed by atoms with E-state index < -0.39 is 6.36 Å². The van der Waals surface area contributed by atoms with Crippen LogP contribution in [0.1, 0.15) is 16.1 Å². The van der Waals surface area contributed by atoms with Gasteiger partial charge < -0.3 is 14.6 Å². The molecule has 1 N–H and O–H groups in total. The number of carbonyl (C=O) groups excluding carboxylic acids is 1. The van der Waals surface area contributed by atoms with E-state index in [1.807, 2.05) is 24.3 Å². The van der Waals surface area contributed by atoms with Crippen LogP contribution in [0.2, 0.25) is 0 Å². The molecule has 130 valence electrons. The van der Waals surface area contributed by atoms with E-state index in [-0.39, 0.29) is 18.2 Å². The van der Waals surface area contributed by atoms with Crippen LogP contribution >= 0.6 is 0 Å². The molecule has 3 aromatic rings. The molecule has 0 atom stereocenters. The molecule has 0 spiro atoms. The van der Waals surface area contributed by atoms with Crippen LogP contribution in [-0.4, -0.2) is 29.2 Å². The van der Waals surface area contributed by atoms with Crippen LogP contribution < -0.4 is 4.74 Å². The number of nitrogens with one attached hydrogen (secondary N) is 1. The highest BCUT2D eigenvalue weighted by atomic mass is 19.4. The van der Waals surface area contributed by atoms with Gasteiger partial charge in [0.15, 0.2) is 0 Å². The molecule has 2 aromatic carbocycles. The predicted octanol–water partition coefficient (Wildman–Crippen LogP) is 4.34. The lowest BCUT2D eigenvalue weighted by atomic mass is 10.2. The van der Waals surface area contributed by atoms with E-state index in [0.717, 1.165) is 10.9 Å². The Balaban J connectivity index is 1.68. The molecule has 4 nitrogen and oxygen atoms in total. The van der Waals surface area contributed by atoms with E-state index in [4.69, 9.17) is 0 Å². The molecule has 3 rings (SSSR count). The van der Waals surface area contributed by atoms with E-state index in [1.54, 1.807) is 13.1 Å². The molecule has 25 heavy (non-hydrogen) atoms. The minimum absolute atomic E-state index is 0.202. The summed E-state index contributed by atoms with van der Waals surface area (Å²) in [4.78, 5) is 17.0. The molecule has 1 amide bonds. The Morgan fingerprint density at radius 2 is 1.80 bits per heavy atom. The predicted molar refractivity (Wildman–Crippen MR) is 87.2 cm³/mol. The summed E-state index contributed by atoms with van der Waals surface area (Å²) in [5.41, 5.74) is 2.02. The van der Waals surface area contributed by atoms with Crippen LogP contribution in [0.25, 0.3) is 10.9 Å². The number of para-hydroxylation sites is 1. The summed E-state index contributed by atoms with van der Waals surface area (Å²) in [5, 5.41) is 0.938. The molecule has 0 saturated heterocycles. The van der Waals surface area contributed by atoms with Gasteiger partial charge in [0.05, 0.1) is 0 Å². The smallest absolute Gasteiger partial charge is 0.406 e. The van der Waals surface area contributed by atoms with Crippen LogP contribution in [0.15, 0.2) is 54.6 Å². The number of amides is 1. The van der Waals surface area contributed by atoms with Crippen molar-refractivity contribution >= 4 is 16.8 Å². The Labute approximate surface area is 141 Å². The number of ether oxygens (including phenoxy) is 1. The Morgan fingerprint density at radius 3 is 2.44 bits per heavy atom. The largest absolute Gasteiger partial charge is 0.573 e. The molecular formula is C18H15F3N2O2. The number of hydrogen-bond donors (Lipinski definition) is 1. The summed E-state index contributed by atoms with van der Waals surface area (Å²) in [7, 11) is 1.63. The lowest BCUT2D eigenvalue weighted by Crippen LogP contribution is -2.26. The molecular weight excluding hydrogens is 333 g/mol. The lowest BCUT2D eigenvalue weighted by Gasteiger charge is -2.17. The zero-order valence-corrected chi connectivity index (χ0v) is 13.3. The molecule has 0 fully saturated rings.